The zero-order valence-electron chi connectivity index (χ0n) is 19.6. The summed E-state index contributed by atoms with van der Waals surface area (Å²) in [5.41, 5.74) is 2.94. The molecule has 2 N–H and O–H groups in total. The number of unbranched alkanes of at least 4 members (excludes halogenated alkanes) is 1. The number of carboxylic acids is 1. The lowest BCUT2D eigenvalue weighted by atomic mass is 10.1. The third-order valence-corrected chi connectivity index (χ3v) is 6.42. The molecule has 2 amide bonds. The Kier molecular flexibility index (Phi) is 10.0. The summed E-state index contributed by atoms with van der Waals surface area (Å²) in [7, 11) is 0. The average molecular weight is 477 g/mol. The average Bonchev–Trinajstić information content (AvgIpc) is 2.84. The number of rotatable bonds is 12. The zero-order chi connectivity index (χ0) is 24.2. The number of nitrogens with one attached hydrogen (secondary N) is 1. The number of hydrogen-bond donors (Lipinski definition) is 2. The number of carboxylic acid groups (broad SMARTS) is 1. The number of anilines is 1. The quantitative estimate of drug-likeness (QED) is 0.296. The van der Waals surface area contributed by atoms with E-state index in [1.165, 1.54) is 5.56 Å². The summed E-state index contributed by atoms with van der Waals surface area (Å²) in [4.78, 5) is 27.7. The summed E-state index contributed by atoms with van der Waals surface area (Å²) < 4.78 is 0. The van der Waals surface area contributed by atoms with E-state index in [0.29, 0.717) is 13.1 Å². The Morgan fingerprint density at radius 3 is 2.12 bits per heavy atom. The smallest absolute Gasteiger partial charge is 0.321 e. The van der Waals surface area contributed by atoms with Crippen LogP contribution in [0.25, 0.3) is 0 Å². The van der Waals surface area contributed by atoms with E-state index < -0.39 is 5.97 Å². The molecule has 0 aliphatic rings. The Hall–Kier alpha value is -3.25. The third kappa shape index (κ3) is 8.27. The first-order valence-corrected chi connectivity index (χ1v) is 12.5. The highest BCUT2D eigenvalue weighted by atomic mass is 32.2. The van der Waals surface area contributed by atoms with Crippen molar-refractivity contribution in [2.24, 2.45) is 0 Å². The normalized spacial score (nSPS) is 10.6. The van der Waals surface area contributed by atoms with Crippen LogP contribution in [0.5, 0.6) is 0 Å². The summed E-state index contributed by atoms with van der Waals surface area (Å²) in [6, 6.07) is 25.9. The molecule has 0 aromatic heterocycles. The van der Waals surface area contributed by atoms with Gasteiger partial charge in [0, 0.05) is 28.6 Å². The van der Waals surface area contributed by atoms with Crippen molar-refractivity contribution in [1.29, 1.82) is 0 Å². The van der Waals surface area contributed by atoms with Gasteiger partial charge in [-0.25, -0.2) is 4.79 Å². The molecule has 0 spiro atoms. The van der Waals surface area contributed by atoms with Crippen LogP contribution in [0.1, 0.15) is 37.3 Å². The van der Waals surface area contributed by atoms with E-state index in [1.807, 2.05) is 71.6 Å². The Labute approximate surface area is 206 Å². The minimum atomic E-state index is -0.831. The van der Waals surface area contributed by atoms with Gasteiger partial charge in [-0.1, -0.05) is 67.6 Å². The second-order valence-electron chi connectivity index (χ2n) is 8.14. The van der Waals surface area contributed by atoms with Crippen LogP contribution in [0.3, 0.4) is 0 Å². The topological polar surface area (TPSA) is 69.6 Å². The molecule has 6 heteroatoms. The van der Waals surface area contributed by atoms with Crippen LogP contribution in [0.4, 0.5) is 10.5 Å². The van der Waals surface area contributed by atoms with E-state index in [0.717, 1.165) is 46.7 Å². The summed E-state index contributed by atoms with van der Waals surface area (Å²) in [5, 5.41) is 12.0. The van der Waals surface area contributed by atoms with Crippen LogP contribution in [-0.4, -0.2) is 30.2 Å². The lowest BCUT2D eigenvalue weighted by Gasteiger charge is -2.23. The number of benzene rings is 3. The molecule has 3 aromatic carbocycles. The lowest BCUT2D eigenvalue weighted by Crippen LogP contribution is -2.41. The van der Waals surface area contributed by atoms with Crippen molar-refractivity contribution in [3.8, 4) is 0 Å². The maximum atomic E-state index is 12.9. The predicted molar refractivity (Wildman–Crippen MR) is 139 cm³/mol. The fraction of sp³-hybridized carbons (Fsp3) is 0.286. The number of carbonyl (C=O) groups excluding carboxylic acids is 1. The zero-order valence-corrected chi connectivity index (χ0v) is 20.4. The molecule has 0 radical (unpaired) electrons. The molecule has 0 bridgehead atoms. The second kappa shape index (κ2) is 13.5. The van der Waals surface area contributed by atoms with Crippen LogP contribution in [0.15, 0.2) is 88.7 Å². The SMILES string of the molecule is CCCCNC(=O)N(CCCc1ccccc1)c1ccc(Sc2ccc(CC(=O)O)cc2)cc1. The van der Waals surface area contributed by atoms with Gasteiger partial charge in [0.15, 0.2) is 0 Å². The molecule has 34 heavy (non-hydrogen) atoms. The van der Waals surface area contributed by atoms with Crippen molar-refractivity contribution in [2.75, 3.05) is 18.0 Å². The number of carbonyl (C=O) groups is 2. The van der Waals surface area contributed by atoms with E-state index in [1.54, 1.807) is 11.8 Å². The van der Waals surface area contributed by atoms with Crippen LogP contribution in [0, 0.1) is 0 Å². The highest BCUT2D eigenvalue weighted by Gasteiger charge is 2.15. The monoisotopic (exact) mass is 476 g/mol. The minimum absolute atomic E-state index is 0.0278. The molecule has 5 nitrogen and oxygen atoms in total. The molecule has 0 heterocycles. The van der Waals surface area contributed by atoms with Crippen molar-refractivity contribution >= 4 is 29.4 Å². The molecule has 0 saturated carbocycles. The van der Waals surface area contributed by atoms with Crippen molar-refractivity contribution < 1.29 is 14.7 Å². The van der Waals surface area contributed by atoms with E-state index in [2.05, 4.69) is 24.4 Å². The minimum Gasteiger partial charge on any atom is -0.481 e. The van der Waals surface area contributed by atoms with Crippen molar-refractivity contribution in [1.82, 2.24) is 5.32 Å². The van der Waals surface area contributed by atoms with E-state index in [-0.39, 0.29) is 12.5 Å². The van der Waals surface area contributed by atoms with Gasteiger partial charge in [-0.05, 0) is 66.8 Å². The molecule has 0 aliphatic carbocycles. The molecule has 0 atom stereocenters. The molecule has 178 valence electrons. The van der Waals surface area contributed by atoms with Gasteiger partial charge in [-0.15, -0.1) is 0 Å². The van der Waals surface area contributed by atoms with Gasteiger partial charge in [0.2, 0.25) is 0 Å². The van der Waals surface area contributed by atoms with Crippen LogP contribution >= 0.6 is 11.8 Å². The van der Waals surface area contributed by atoms with Crippen LogP contribution < -0.4 is 10.2 Å². The fourth-order valence-corrected chi connectivity index (χ4v) is 4.40. The molecular weight excluding hydrogens is 444 g/mol. The Morgan fingerprint density at radius 2 is 1.50 bits per heavy atom. The molecule has 3 aromatic rings. The molecule has 0 unspecified atom stereocenters. The first kappa shape index (κ1) is 25.4. The summed E-state index contributed by atoms with van der Waals surface area (Å²) in [6.45, 7) is 3.43. The Morgan fingerprint density at radius 1 is 0.853 bits per heavy atom. The molecule has 3 rings (SSSR count). The Balaban J connectivity index is 1.64. The van der Waals surface area contributed by atoms with Crippen LogP contribution in [0.2, 0.25) is 0 Å². The van der Waals surface area contributed by atoms with Gasteiger partial charge in [-0.3, -0.25) is 9.69 Å². The number of hydrogen-bond acceptors (Lipinski definition) is 3. The van der Waals surface area contributed by atoms with E-state index >= 15 is 0 Å². The molecule has 0 fully saturated rings. The maximum Gasteiger partial charge on any atom is 0.321 e. The van der Waals surface area contributed by atoms with Crippen molar-refractivity contribution in [3.63, 3.8) is 0 Å². The number of urea groups is 1. The fourth-order valence-electron chi connectivity index (χ4n) is 3.58. The number of amides is 2. The predicted octanol–water partition coefficient (Wildman–Crippen LogP) is 6.41. The van der Waals surface area contributed by atoms with E-state index in [4.69, 9.17) is 5.11 Å². The second-order valence-corrected chi connectivity index (χ2v) is 9.28. The van der Waals surface area contributed by atoms with Gasteiger partial charge >= 0.3 is 12.0 Å². The molecular formula is C28H32N2O3S. The van der Waals surface area contributed by atoms with Crippen molar-refractivity contribution in [2.45, 2.75) is 48.8 Å². The summed E-state index contributed by atoms with van der Waals surface area (Å²) in [5.74, 6) is -0.831. The van der Waals surface area contributed by atoms with E-state index in [9.17, 15) is 9.59 Å². The molecule has 0 saturated heterocycles. The van der Waals surface area contributed by atoms with Crippen molar-refractivity contribution in [3.05, 3.63) is 90.0 Å². The van der Waals surface area contributed by atoms with Gasteiger partial charge in [-0.2, -0.15) is 0 Å². The largest absolute Gasteiger partial charge is 0.481 e. The highest BCUT2D eigenvalue weighted by Crippen LogP contribution is 2.29. The summed E-state index contributed by atoms with van der Waals surface area (Å²) >= 11 is 1.61. The highest BCUT2D eigenvalue weighted by molar-refractivity contribution is 7.99. The first-order chi connectivity index (χ1) is 16.5. The van der Waals surface area contributed by atoms with Gasteiger partial charge in [0.05, 0.1) is 6.42 Å². The number of aliphatic carboxylic acids is 1. The third-order valence-electron chi connectivity index (χ3n) is 5.40. The standard InChI is InChI=1S/C28H32N2O3S/c1-2-3-19-29-28(33)30(20-7-10-22-8-5-4-6-9-22)24-13-17-26(18-14-24)34-25-15-11-23(12-16-25)21-27(31)32/h4-6,8-9,11-18H,2-3,7,10,19-21H2,1H3,(H,29,33)(H,31,32). The Bertz CT molecular complexity index is 1040. The van der Waals surface area contributed by atoms with Gasteiger partial charge in [0.1, 0.15) is 0 Å². The lowest BCUT2D eigenvalue weighted by molar-refractivity contribution is -0.136. The van der Waals surface area contributed by atoms with Gasteiger partial charge < -0.3 is 10.4 Å². The van der Waals surface area contributed by atoms with Gasteiger partial charge in [0.25, 0.3) is 0 Å². The first-order valence-electron chi connectivity index (χ1n) is 11.7. The number of nitrogens with zero attached hydrogens (tertiary/aromatic N) is 1. The molecule has 0 aliphatic heterocycles. The number of aryl methyl sites for hydroxylation is 1. The summed E-state index contributed by atoms with van der Waals surface area (Å²) in [6.07, 6.45) is 3.83. The van der Waals surface area contributed by atoms with Crippen LogP contribution in [-0.2, 0) is 17.6 Å². The maximum absolute atomic E-state index is 12.9.